The predicted molar refractivity (Wildman–Crippen MR) is 121 cm³/mol. The summed E-state index contributed by atoms with van der Waals surface area (Å²) < 4.78 is 0. The van der Waals surface area contributed by atoms with Crippen LogP contribution >= 0.6 is 24.0 Å². The molecule has 0 spiro atoms. The summed E-state index contributed by atoms with van der Waals surface area (Å²) in [6.45, 7) is 9.88. The van der Waals surface area contributed by atoms with Gasteiger partial charge in [-0.05, 0) is 42.4 Å². The Hall–Kier alpha value is -1.05. The lowest BCUT2D eigenvalue weighted by Gasteiger charge is -2.24. The lowest BCUT2D eigenvalue weighted by molar-refractivity contribution is 0.370. The van der Waals surface area contributed by atoms with E-state index in [2.05, 4.69) is 51.1 Å². The van der Waals surface area contributed by atoms with Gasteiger partial charge in [-0.15, -0.1) is 24.0 Å². The summed E-state index contributed by atoms with van der Waals surface area (Å²) in [6, 6.07) is 4.34. The first-order valence-electron chi connectivity index (χ1n) is 9.73. The van der Waals surface area contributed by atoms with Gasteiger partial charge < -0.3 is 15.1 Å². The van der Waals surface area contributed by atoms with Gasteiger partial charge in [-0.3, -0.25) is 4.99 Å². The molecule has 2 aliphatic heterocycles. The Morgan fingerprint density at radius 3 is 2.54 bits per heavy atom. The number of pyridine rings is 1. The standard InChI is InChI=1S/C20H33N5.HI/c1-20(2)9-13-25(16-20)19(21-3)23-15-17-8-10-22-18(14-17)24-11-6-4-5-7-12-24;/h8,10,14H,4-7,9,11-13,15-16H2,1-3H3,(H,21,23);1H. The molecule has 2 fully saturated rings. The van der Waals surface area contributed by atoms with Crippen LogP contribution in [0.5, 0.6) is 0 Å². The molecule has 0 radical (unpaired) electrons. The summed E-state index contributed by atoms with van der Waals surface area (Å²) in [5, 5.41) is 3.54. The third kappa shape index (κ3) is 5.72. The molecule has 0 saturated carbocycles. The number of aliphatic imine (C=N–C) groups is 1. The van der Waals surface area contributed by atoms with Crippen molar-refractivity contribution in [1.82, 2.24) is 15.2 Å². The first-order chi connectivity index (χ1) is 12.1. The van der Waals surface area contributed by atoms with Crippen molar-refractivity contribution in [2.24, 2.45) is 10.4 Å². The highest BCUT2D eigenvalue weighted by molar-refractivity contribution is 14.0. The van der Waals surface area contributed by atoms with Gasteiger partial charge in [0.15, 0.2) is 5.96 Å². The zero-order valence-electron chi connectivity index (χ0n) is 16.5. The van der Waals surface area contributed by atoms with Crippen LogP contribution in [0.4, 0.5) is 5.82 Å². The van der Waals surface area contributed by atoms with E-state index in [0.717, 1.165) is 44.5 Å². The molecule has 0 bridgehead atoms. The van der Waals surface area contributed by atoms with E-state index in [9.17, 15) is 0 Å². The van der Waals surface area contributed by atoms with Crippen LogP contribution in [0.15, 0.2) is 23.3 Å². The second-order valence-corrected chi connectivity index (χ2v) is 8.16. The molecule has 146 valence electrons. The number of nitrogens with one attached hydrogen (secondary N) is 1. The van der Waals surface area contributed by atoms with Crippen molar-refractivity contribution < 1.29 is 0 Å². The van der Waals surface area contributed by atoms with Gasteiger partial charge >= 0.3 is 0 Å². The molecule has 3 heterocycles. The Labute approximate surface area is 175 Å². The second kappa shape index (κ2) is 9.76. The molecule has 1 aromatic heterocycles. The molecule has 3 rings (SSSR count). The highest BCUT2D eigenvalue weighted by Crippen LogP contribution is 2.28. The summed E-state index contributed by atoms with van der Waals surface area (Å²) in [7, 11) is 1.88. The highest BCUT2D eigenvalue weighted by atomic mass is 127. The molecule has 6 heteroatoms. The normalized spacial score (nSPS) is 20.5. The van der Waals surface area contributed by atoms with Gasteiger partial charge in [0, 0.05) is 46.0 Å². The van der Waals surface area contributed by atoms with E-state index >= 15 is 0 Å². The molecular formula is C20H34IN5. The van der Waals surface area contributed by atoms with Crippen molar-refractivity contribution in [3.05, 3.63) is 23.9 Å². The van der Waals surface area contributed by atoms with E-state index in [4.69, 9.17) is 0 Å². The van der Waals surface area contributed by atoms with Gasteiger partial charge in [-0.2, -0.15) is 0 Å². The van der Waals surface area contributed by atoms with Gasteiger partial charge in [0.1, 0.15) is 5.82 Å². The summed E-state index contributed by atoms with van der Waals surface area (Å²) in [5.41, 5.74) is 1.66. The van der Waals surface area contributed by atoms with Gasteiger partial charge in [0.25, 0.3) is 0 Å². The average molecular weight is 471 g/mol. The van der Waals surface area contributed by atoms with Crippen molar-refractivity contribution in [2.45, 2.75) is 52.5 Å². The van der Waals surface area contributed by atoms with Crippen LogP contribution in [0.25, 0.3) is 0 Å². The SMILES string of the molecule is CN=C(NCc1ccnc(N2CCCCCC2)c1)N1CCC(C)(C)C1.I. The van der Waals surface area contributed by atoms with E-state index in [1.54, 1.807) is 0 Å². The van der Waals surface area contributed by atoms with Crippen LogP contribution in [-0.4, -0.2) is 49.1 Å². The first kappa shape index (κ1) is 21.3. The van der Waals surface area contributed by atoms with Crippen LogP contribution in [0.1, 0.15) is 51.5 Å². The fourth-order valence-electron chi connectivity index (χ4n) is 3.85. The van der Waals surface area contributed by atoms with E-state index in [-0.39, 0.29) is 24.0 Å². The lowest BCUT2D eigenvalue weighted by Crippen LogP contribution is -2.40. The zero-order chi connectivity index (χ0) is 17.7. The van der Waals surface area contributed by atoms with E-state index in [1.807, 2.05) is 13.2 Å². The molecule has 0 aliphatic carbocycles. The molecule has 0 aromatic carbocycles. The van der Waals surface area contributed by atoms with Crippen LogP contribution < -0.4 is 10.2 Å². The molecule has 26 heavy (non-hydrogen) atoms. The molecule has 5 nitrogen and oxygen atoms in total. The smallest absolute Gasteiger partial charge is 0.193 e. The van der Waals surface area contributed by atoms with Crippen molar-refractivity contribution in [3.63, 3.8) is 0 Å². The number of anilines is 1. The average Bonchev–Trinajstić information content (AvgIpc) is 2.81. The van der Waals surface area contributed by atoms with Gasteiger partial charge in [-0.1, -0.05) is 26.7 Å². The van der Waals surface area contributed by atoms with E-state index in [0.29, 0.717) is 5.41 Å². The molecule has 0 atom stereocenters. The second-order valence-electron chi connectivity index (χ2n) is 8.16. The van der Waals surface area contributed by atoms with Crippen LogP contribution in [0.2, 0.25) is 0 Å². The number of aromatic nitrogens is 1. The summed E-state index contributed by atoms with van der Waals surface area (Å²) in [6.07, 6.45) is 8.42. The van der Waals surface area contributed by atoms with Crippen molar-refractivity contribution in [3.8, 4) is 0 Å². The number of rotatable bonds is 3. The molecule has 2 aliphatic rings. The quantitative estimate of drug-likeness (QED) is 0.413. The van der Waals surface area contributed by atoms with Crippen molar-refractivity contribution in [1.29, 1.82) is 0 Å². The molecule has 0 unspecified atom stereocenters. The fraction of sp³-hybridized carbons (Fsp3) is 0.700. The van der Waals surface area contributed by atoms with Crippen LogP contribution in [-0.2, 0) is 6.54 Å². The zero-order valence-corrected chi connectivity index (χ0v) is 18.8. The Morgan fingerprint density at radius 1 is 1.19 bits per heavy atom. The maximum atomic E-state index is 4.61. The van der Waals surface area contributed by atoms with E-state index in [1.165, 1.54) is 37.7 Å². The van der Waals surface area contributed by atoms with Gasteiger partial charge in [-0.25, -0.2) is 4.98 Å². The Kier molecular flexibility index (Phi) is 7.98. The van der Waals surface area contributed by atoms with Gasteiger partial charge in [0.05, 0.1) is 0 Å². The Morgan fingerprint density at radius 2 is 1.92 bits per heavy atom. The summed E-state index contributed by atoms with van der Waals surface area (Å²) in [4.78, 5) is 13.9. The van der Waals surface area contributed by atoms with Crippen LogP contribution in [0.3, 0.4) is 0 Å². The number of hydrogen-bond donors (Lipinski definition) is 1. The Bertz CT molecular complexity index is 594. The maximum Gasteiger partial charge on any atom is 0.193 e. The summed E-state index contributed by atoms with van der Waals surface area (Å²) in [5.74, 6) is 2.14. The third-order valence-electron chi connectivity index (χ3n) is 5.38. The fourth-order valence-corrected chi connectivity index (χ4v) is 3.85. The number of hydrogen-bond acceptors (Lipinski definition) is 3. The minimum absolute atomic E-state index is 0. The highest BCUT2D eigenvalue weighted by Gasteiger charge is 2.30. The molecular weight excluding hydrogens is 437 g/mol. The predicted octanol–water partition coefficient (Wildman–Crippen LogP) is 3.89. The molecule has 1 aromatic rings. The van der Waals surface area contributed by atoms with Crippen molar-refractivity contribution in [2.75, 3.05) is 38.1 Å². The largest absolute Gasteiger partial charge is 0.357 e. The topological polar surface area (TPSA) is 43.8 Å². The number of guanidine groups is 1. The number of nitrogens with zero attached hydrogens (tertiary/aromatic N) is 4. The molecule has 0 amide bonds. The first-order valence-corrected chi connectivity index (χ1v) is 9.73. The monoisotopic (exact) mass is 471 g/mol. The minimum Gasteiger partial charge on any atom is -0.357 e. The van der Waals surface area contributed by atoms with E-state index < -0.39 is 0 Å². The number of halogens is 1. The summed E-state index contributed by atoms with van der Waals surface area (Å²) >= 11 is 0. The third-order valence-corrected chi connectivity index (χ3v) is 5.38. The number of likely N-dealkylation sites (tertiary alicyclic amines) is 1. The Balaban J connectivity index is 0.00000243. The maximum absolute atomic E-state index is 4.61. The molecule has 2 saturated heterocycles. The minimum atomic E-state index is 0. The van der Waals surface area contributed by atoms with Crippen LogP contribution in [0, 0.1) is 5.41 Å². The molecule has 1 N–H and O–H groups in total. The lowest BCUT2D eigenvalue weighted by atomic mass is 9.93. The van der Waals surface area contributed by atoms with Crippen molar-refractivity contribution >= 4 is 35.8 Å². The van der Waals surface area contributed by atoms with Gasteiger partial charge in [0.2, 0.25) is 0 Å².